The van der Waals surface area contributed by atoms with Crippen LogP contribution < -0.4 is 10.1 Å². The maximum atomic E-state index is 5.78. The molecule has 2 rings (SSSR count). The van der Waals surface area contributed by atoms with E-state index >= 15 is 0 Å². The van der Waals surface area contributed by atoms with Crippen molar-refractivity contribution in [2.75, 3.05) is 18.6 Å². The van der Waals surface area contributed by atoms with Gasteiger partial charge >= 0.3 is 0 Å². The predicted octanol–water partition coefficient (Wildman–Crippen LogP) is 3.63. The molecule has 0 aliphatic heterocycles. The summed E-state index contributed by atoms with van der Waals surface area (Å²) in [4.78, 5) is 0. The predicted molar refractivity (Wildman–Crippen MR) is 79.5 cm³/mol. The molecule has 2 nitrogen and oxygen atoms in total. The highest BCUT2D eigenvalue weighted by atomic mass is 32.2. The molecule has 1 aromatic rings. The van der Waals surface area contributed by atoms with Crippen LogP contribution in [-0.2, 0) is 0 Å². The Morgan fingerprint density at radius 2 is 2.06 bits per heavy atom. The Balaban J connectivity index is 1.95. The fourth-order valence-corrected chi connectivity index (χ4v) is 2.56. The van der Waals surface area contributed by atoms with Gasteiger partial charge < -0.3 is 10.1 Å². The van der Waals surface area contributed by atoms with Crippen LogP contribution >= 0.6 is 11.8 Å². The quantitative estimate of drug-likeness (QED) is 0.775. The van der Waals surface area contributed by atoms with Gasteiger partial charge in [0.2, 0.25) is 0 Å². The average Bonchev–Trinajstić information content (AvgIpc) is 3.19. The highest BCUT2D eigenvalue weighted by Crippen LogP contribution is 2.27. The van der Waals surface area contributed by atoms with Gasteiger partial charge in [-0.15, -0.1) is 0 Å². The van der Waals surface area contributed by atoms with Crippen LogP contribution in [0.15, 0.2) is 24.3 Å². The van der Waals surface area contributed by atoms with E-state index in [-0.39, 0.29) is 0 Å². The zero-order valence-electron chi connectivity index (χ0n) is 11.3. The Kier molecular flexibility index (Phi) is 5.39. The van der Waals surface area contributed by atoms with Gasteiger partial charge in [-0.1, -0.05) is 19.1 Å². The minimum absolute atomic E-state index is 0.454. The van der Waals surface area contributed by atoms with Gasteiger partial charge in [0.1, 0.15) is 5.75 Å². The first-order valence-corrected chi connectivity index (χ1v) is 8.21. The molecule has 1 atom stereocenters. The Morgan fingerprint density at radius 1 is 1.33 bits per heavy atom. The Morgan fingerprint density at radius 3 is 2.61 bits per heavy atom. The molecule has 1 N–H and O–H groups in total. The van der Waals surface area contributed by atoms with Gasteiger partial charge in [0.05, 0.1) is 6.10 Å². The lowest BCUT2D eigenvalue weighted by Gasteiger charge is -2.18. The number of nitrogens with one attached hydrogen (secondary N) is 1. The zero-order chi connectivity index (χ0) is 12.8. The maximum Gasteiger partial charge on any atom is 0.119 e. The first kappa shape index (κ1) is 13.8. The summed E-state index contributed by atoms with van der Waals surface area (Å²) in [6.07, 6.45) is 6.25. The van der Waals surface area contributed by atoms with Crippen molar-refractivity contribution in [3.05, 3.63) is 29.8 Å². The van der Waals surface area contributed by atoms with E-state index in [2.05, 4.69) is 42.8 Å². The van der Waals surface area contributed by atoms with Crippen molar-refractivity contribution in [1.29, 1.82) is 0 Å². The van der Waals surface area contributed by atoms with E-state index in [1.54, 1.807) is 0 Å². The molecule has 0 saturated heterocycles. The second-order valence-corrected chi connectivity index (χ2v) is 5.76. The SMILES string of the molecule is CCCNC(CSC)c1ccc(OC2CC2)cc1. The van der Waals surface area contributed by atoms with Crippen molar-refractivity contribution in [3.63, 3.8) is 0 Å². The van der Waals surface area contributed by atoms with Gasteiger partial charge in [0.15, 0.2) is 0 Å². The van der Waals surface area contributed by atoms with E-state index in [9.17, 15) is 0 Å². The minimum atomic E-state index is 0.454. The summed E-state index contributed by atoms with van der Waals surface area (Å²) in [5, 5.41) is 3.60. The third kappa shape index (κ3) is 4.21. The molecule has 1 unspecified atom stereocenters. The van der Waals surface area contributed by atoms with Gasteiger partial charge in [0, 0.05) is 11.8 Å². The standard InChI is InChI=1S/C15H23NOS/c1-3-10-16-15(11-18-2)12-4-6-13(7-5-12)17-14-8-9-14/h4-7,14-16H,3,8-11H2,1-2H3. The minimum Gasteiger partial charge on any atom is -0.490 e. The molecule has 0 amide bonds. The van der Waals surface area contributed by atoms with Gasteiger partial charge in [-0.05, 0) is 49.8 Å². The summed E-state index contributed by atoms with van der Waals surface area (Å²) in [7, 11) is 0. The fourth-order valence-electron chi connectivity index (χ4n) is 1.92. The normalized spacial score (nSPS) is 16.6. The second-order valence-electron chi connectivity index (χ2n) is 4.85. The van der Waals surface area contributed by atoms with Gasteiger partial charge in [-0.2, -0.15) is 11.8 Å². The number of hydrogen-bond acceptors (Lipinski definition) is 3. The van der Waals surface area contributed by atoms with Crippen LogP contribution in [0.3, 0.4) is 0 Å². The number of thioether (sulfide) groups is 1. The van der Waals surface area contributed by atoms with Crippen LogP contribution in [0.2, 0.25) is 0 Å². The van der Waals surface area contributed by atoms with Crippen LogP contribution in [0.25, 0.3) is 0 Å². The van der Waals surface area contributed by atoms with Crippen molar-refractivity contribution in [1.82, 2.24) is 5.32 Å². The van der Waals surface area contributed by atoms with E-state index in [1.807, 2.05) is 11.8 Å². The zero-order valence-corrected chi connectivity index (χ0v) is 12.1. The Bertz CT molecular complexity index is 348. The van der Waals surface area contributed by atoms with E-state index in [4.69, 9.17) is 4.74 Å². The van der Waals surface area contributed by atoms with E-state index in [0.717, 1.165) is 18.0 Å². The molecule has 1 aromatic carbocycles. The van der Waals surface area contributed by atoms with Crippen molar-refractivity contribution in [2.45, 2.75) is 38.3 Å². The van der Waals surface area contributed by atoms with Crippen LogP contribution in [0.5, 0.6) is 5.75 Å². The Labute approximate surface area is 114 Å². The van der Waals surface area contributed by atoms with Crippen LogP contribution in [0.4, 0.5) is 0 Å². The Hall–Kier alpha value is -0.670. The molecule has 100 valence electrons. The van der Waals surface area contributed by atoms with Crippen LogP contribution in [-0.4, -0.2) is 24.7 Å². The maximum absolute atomic E-state index is 5.78. The van der Waals surface area contributed by atoms with Gasteiger partial charge in [0.25, 0.3) is 0 Å². The van der Waals surface area contributed by atoms with Crippen LogP contribution in [0.1, 0.15) is 37.8 Å². The van der Waals surface area contributed by atoms with Crippen molar-refractivity contribution >= 4 is 11.8 Å². The van der Waals surface area contributed by atoms with E-state index in [1.165, 1.54) is 24.8 Å². The summed E-state index contributed by atoms with van der Waals surface area (Å²) in [5.41, 5.74) is 1.36. The largest absolute Gasteiger partial charge is 0.490 e. The molecule has 1 saturated carbocycles. The second kappa shape index (κ2) is 7.05. The smallest absolute Gasteiger partial charge is 0.119 e. The summed E-state index contributed by atoms with van der Waals surface area (Å²) >= 11 is 1.89. The molecular formula is C15H23NOS. The number of benzene rings is 1. The van der Waals surface area contributed by atoms with E-state index in [0.29, 0.717) is 12.1 Å². The number of rotatable bonds is 8. The number of hydrogen-bond donors (Lipinski definition) is 1. The summed E-state index contributed by atoms with van der Waals surface area (Å²) in [6, 6.07) is 9.06. The van der Waals surface area contributed by atoms with E-state index < -0.39 is 0 Å². The lowest BCUT2D eigenvalue weighted by atomic mass is 10.1. The molecule has 18 heavy (non-hydrogen) atoms. The highest BCUT2D eigenvalue weighted by molar-refractivity contribution is 7.98. The molecule has 0 aromatic heterocycles. The van der Waals surface area contributed by atoms with Gasteiger partial charge in [-0.3, -0.25) is 0 Å². The summed E-state index contributed by atoms with van der Waals surface area (Å²) in [6.45, 7) is 3.28. The molecular weight excluding hydrogens is 242 g/mol. The van der Waals surface area contributed by atoms with Gasteiger partial charge in [-0.25, -0.2) is 0 Å². The monoisotopic (exact) mass is 265 g/mol. The molecule has 0 radical (unpaired) electrons. The van der Waals surface area contributed by atoms with Crippen LogP contribution in [0, 0.1) is 0 Å². The van der Waals surface area contributed by atoms with Crippen molar-refractivity contribution in [3.8, 4) is 5.75 Å². The van der Waals surface area contributed by atoms with Crippen molar-refractivity contribution in [2.24, 2.45) is 0 Å². The molecule has 0 spiro atoms. The van der Waals surface area contributed by atoms with Crippen molar-refractivity contribution < 1.29 is 4.74 Å². The highest BCUT2D eigenvalue weighted by Gasteiger charge is 2.23. The first-order chi connectivity index (χ1) is 8.83. The molecule has 1 aliphatic rings. The summed E-state index contributed by atoms with van der Waals surface area (Å²) in [5.74, 6) is 2.13. The molecule has 3 heteroatoms. The summed E-state index contributed by atoms with van der Waals surface area (Å²) < 4.78 is 5.78. The third-order valence-electron chi connectivity index (χ3n) is 3.08. The first-order valence-electron chi connectivity index (χ1n) is 6.82. The fraction of sp³-hybridized carbons (Fsp3) is 0.600. The lowest BCUT2D eigenvalue weighted by molar-refractivity contribution is 0.303. The lowest BCUT2D eigenvalue weighted by Crippen LogP contribution is -2.24. The average molecular weight is 265 g/mol. The molecule has 0 heterocycles. The molecule has 1 fully saturated rings. The molecule has 1 aliphatic carbocycles. The number of ether oxygens (including phenoxy) is 1. The topological polar surface area (TPSA) is 21.3 Å². The third-order valence-corrected chi connectivity index (χ3v) is 3.75. The molecule has 0 bridgehead atoms.